The molecular weight excluding hydrogens is 362 g/mol. The molecule has 0 spiro atoms. The van der Waals surface area contributed by atoms with Gasteiger partial charge in [0.05, 0.1) is 5.69 Å². The number of amides is 1. The fourth-order valence-electron chi connectivity index (χ4n) is 2.76. The van der Waals surface area contributed by atoms with Crippen LogP contribution in [0.5, 0.6) is 0 Å². The summed E-state index contributed by atoms with van der Waals surface area (Å²) in [7, 11) is 0. The fraction of sp³-hybridized carbons (Fsp3) is 0.190. The van der Waals surface area contributed by atoms with Crippen molar-refractivity contribution in [2.75, 3.05) is 5.32 Å². The van der Waals surface area contributed by atoms with Crippen LogP contribution in [-0.2, 0) is 4.79 Å². The zero-order chi connectivity index (χ0) is 19.4. The van der Waals surface area contributed by atoms with Crippen LogP contribution in [0.4, 0.5) is 5.69 Å². The van der Waals surface area contributed by atoms with Crippen molar-refractivity contribution in [3.63, 3.8) is 0 Å². The Morgan fingerprint density at radius 3 is 2.37 bits per heavy atom. The van der Waals surface area contributed by atoms with Gasteiger partial charge in [-0.05, 0) is 43.7 Å². The number of halogens is 1. The number of hydrogen-bond acceptors (Lipinski definition) is 3. The molecule has 1 atom stereocenters. The Morgan fingerprint density at radius 1 is 1.07 bits per heavy atom. The van der Waals surface area contributed by atoms with Gasteiger partial charge in [-0.15, -0.1) is 0 Å². The van der Waals surface area contributed by atoms with E-state index < -0.39 is 6.04 Å². The predicted octanol–water partition coefficient (Wildman–Crippen LogP) is 4.46. The van der Waals surface area contributed by atoms with E-state index in [2.05, 4.69) is 10.4 Å². The summed E-state index contributed by atoms with van der Waals surface area (Å²) in [4.78, 5) is 25.1. The normalized spacial score (nSPS) is 11.8. The van der Waals surface area contributed by atoms with Crippen LogP contribution in [0.3, 0.4) is 0 Å². The molecule has 1 amide bonds. The van der Waals surface area contributed by atoms with E-state index in [0.717, 1.165) is 11.1 Å². The zero-order valence-electron chi connectivity index (χ0n) is 15.1. The maximum Gasteiger partial charge on any atom is 0.267 e. The Labute approximate surface area is 162 Å². The molecule has 0 aliphatic rings. The minimum atomic E-state index is -0.710. The molecule has 2 aromatic carbocycles. The average Bonchev–Trinajstić information content (AvgIpc) is 2.66. The minimum Gasteiger partial charge on any atom is -0.324 e. The van der Waals surface area contributed by atoms with Gasteiger partial charge in [0.15, 0.2) is 0 Å². The number of nitrogens with zero attached hydrogens (tertiary/aromatic N) is 2. The van der Waals surface area contributed by atoms with Gasteiger partial charge >= 0.3 is 0 Å². The quantitative estimate of drug-likeness (QED) is 0.709. The van der Waals surface area contributed by atoms with Crippen molar-refractivity contribution < 1.29 is 4.79 Å². The molecule has 6 heteroatoms. The number of nitrogens with one attached hydrogen (secondary N) is 1. The van der Waals surface area contributed by atoms with Gasteiger partial charge in [0.1, 0.15) is 6.04 Å². The Hall–Kier alpha value is -2.92. The zero-order valence-corrected chi connectivity index (χ0v) is 15.9. The van der Waals surface area contributed by atoms with E-state index in [0.29, 0.717) is 22.8 Å². The second-order valence-corrected chi connectivity index (χ2v) is 6.72. The lowest BCUT2D eigenvalue weighted by Crippen LogP contribution is -2.34. The lowest BCUT2D eigenvalue weighted by Gasteiger charge is -2.17. The lowest BCUT2D eigenvalue weighted by atomic mass is 10.1. The molecule has 0 aliphatic carbocycles. The molecule has 27 heavy (non-hydrogen) atoms. The number of benzene rings is 2. The second kappa shape index (κ2) is 8.18. The molecule has 138 valence electrons. The van der Waals surface area contributed by atoms with Crippen LogP contribution >= 0.6 is 11.6 Å². The Balaban J connectivity index is 1.90. The fourth-order valence-corrected chi connectivity index (χ4v) is 2.88. The number of aromatic nitrogens is 2. The maximum atomic E-state index is 12.7. The van der Waals surface area contributed by atoms with Gasteiger partial charge in [0.25, 0.3) is 5.56 Å². The second-order valence-electron chi connectivity index (χ2n) is 6.29. The van der Waals surface area contributed by atoms with E-state index in [1.165, 1.54) is 10.7 Å². The van der Waals surface area contributed by atoms with Gasteiger partial charge in [-0.3, -0.25) is 9.59 Å². The predicted molar refractivity (Wildman–Crippen MR) is 108 cm³/mol. The third-order valence-corrected chi connectivity index (χ3v) is 4.52. The van der Waals surface area contributed by atoms with Gasteiger partial charge in [0, 0.05) is 22.3 Å². The van der Waals surface area contributed by atoms with Gasteiger partial charge in [-0.25, -0.2) is 4.68 Å². The van der Waals surface area contributed by atoms with Crippen molar-refractivity contribution in [3.8, 4) is 11.3 Å². The van der Waals surface area contributed by atoms with E-state index in [-0.39, 0.29) is 11.5 Å². The van der Waals surface area contributed by atoms with Crippen LogP contribution in [0.15, 0.2) is 65.5 Å². The number of carbonyl (C=O) groups excluding carboxylic acids is 1. The highest BCUT2D eigenvalue weighted by molar-refractivity contribution is 6.30. The number of anilines is 1. The minimum absolute atomic E-state index is 0.296. The van der Waals surface area contributed by atoms with Gasteiger partial charge in [0.2, 0.25) is 5.91 Å². The monoisotopic (exact) mass is 381 g/mol. The van der Waals surface area contributed by atoms with E-state index in [4.69, 9.17) is 11.6 Å². The van der Waals surface area contributed by atoms with Crippen LogP contribution in [-0.4, -0.2) is 15.7 Å². The molecule has 0 unspecified atom stereocenters. The Morgan fingerprint density at radius 2 is 1.74 bits per heavy atom. The topological polar surface area (TPSA) is 64.0 Å². The van der Waals surface area contributed by atoms with Crippen molar-refractivity contribution in [2.45, 2.75) is 26.3 Å². The number of rotatable bonds is 5. The summed E-state index contributed by atoms with van der Waals surface area (Å²) < 4.78 is 1.25. The smallest absolute Gasteiger partial charge is 0.267 e. The molecule has 5 nitrogen and oxygen atoms in total. The summed E-state index contributed by atoms with van der Waals surface area (Å²) in [5.74, 6) is -0.296. The third kappa shape index (κ3) is 4.44. The third-order valence-electron chi connectivity index (χ3n) is 4.27. The highest BCUT2D eigenvalue weighted by Crippen LogP contribution is 2.19. The molecular formula is C21H20ClN3O2. The number of aryl methyl sites for hydroxylation is 1. The van der Waals surface area contributed by atoms with E-state index >= 15 is 0 Å². The molecule has 1 N–H and O–H groups in total. The van der Waals surface area contributed by atoms with Crippen molar-refractivity contribution in [1.82, 2.24) is 9.78 Å². The molecule has 0 saturated heterocycles. The summed E-state index contributed by atoms with van der Waals surface area (Å²) in [6.07, 6.45) is 0.434. The molecule has 0 bridgehead atoms. The van der Waals surface area contributed by atoms with Crippen molar-refractivity contribution in [1.29, 1.82) is 0 Å². The van der Waals surface area contributed by atoms with Gasteiger partial charge in [-0.1, -0.05) is 48.4 Å². The SMILES string of the molecule is CC[C@H](C(=O)Nc1ccc(Cl)cc1)n1nc(-c2ccc(C)cc2)ccc1=O. The molecule has 0 fully saturated rings. The van der Waals surface area contributed by atoms with Crippen molar-refractivity contribution >= 4 is 23.2 Å². The first-order valence-electron chi connectivity index (χ1n) is 8.71. The summed E-state index contributed by atoms with van der Waals surface area (Å²) in [6.45, 7) is 3.85. The van der Waals surface area contributed by atoms with E-state index in [1.807, 2.05) is 38.1 Å². The van der Waals surface area contributed by atoms with Crippen molar-refractivity contribution in [3.05, 3.63) is 81.6 Å². The summed E-state index contributed by atoms with van der Waals surface area (Å²) >= 11 is 5.87. The number of carbonyl (C=O) groups is 1. The highest BCUT2D eigenvalue weighted by Gasteiger charge is 2.21. The standard InChI is InChI=1S/C21H20ClN3O2/c1-3-19(21(27)23-17-10-8-16(22)9-11-17)25-20(26)13-12-18(24-25)15-6-4-14(2)5-7-15/h4-13,19H,3H2,1-2H3,(H,23,27)/t19-/m1/s1. The summed E-state index contributed by atoms with van der Waals surface area (Å²) in [6, 6.07) is 17.1. The van der Waals surface area contributed by atoms with Crippen LogP contribution in [0.25, 0.3) is 11.3 Å². The first kappa shape index (κ1) is 18.9. The van der Waals surface area contributed by atoms with Crippen LogP contribution < -0.4 is 10.9 Å². The summed E-state index contributed by atoms with van der Waals surface area (Å²) in [5, 5.41) is 7.84. The lowest BCUT2D eigenvalue weighted by molar-refractivity contribution is -0.119. The maximum absolute atomic E-state index is 12.7. The molecule has 1 aromatic heterocycles. The largest absolute Gasteiger partial charge is 0.324 e. The van der Waals surface area contributed by atoms with Gasteiger partial charge < -0.3 is 5.32 Å². The Bertz CT molecular complexity index is 995. The van der Waals surface area contributed by atoms with Crippen LogP contribution in [0.1, 0.15) is 24.9 Å². The molecule has 1 heterocycles. The molecule has 0 saturated carbocycles. The highest BCUT2D eigenvalue weighted by atomic mass is 35.5. The number of hydrogen-bond donors (Lipinski definition) is 1. The molecule has 0 radical (unpaired) electrons. The van der Waals surface area contributed by atoms with E-state index in [9.17, 15) is 9.59 Å². The van der Waals surface area contributed by atoms with Gasteiger partial charge in [-0.2, -0.15) is 5.10 Å². The first-order chi connectivity index (χ1) is 13.0. The molecule has 0 aliphatic heterocycles. The molecule has 3 rings (SSSR count). The first-order valence-corrected chi connectivity index (χ1v) is 9.09. The van der Waals surface area contributed by atoms with E-state index in [1.54, 1.807) is 30.3 Å². The summed E-state index contributed by atoms with van der Waals surface area (Å²) in [5.41, 5.74) is 2.98. The van der Waals surface area contributed by atoms with Crippen LogP contribution in [0.2, 0.25) is 5.02 Å². The Kier molecular flexibility index (Phi) is 5.72. The average molecular weight is 382 g/mol. The van der Waals surface area contributed by atoms with Crippen LogP contribution in [0, 0.1) is 6.92 Å². The molecule has 3 aromatic rings. The van der Waals surface area contributed by atoms with Crippen molar-refractivity contribution in [2.24, 2.45) is 0 Å².